The molecule has 1 amide bonds. The molecule has 1 saturated carbocycles. The highest BCUT2D eigenvalue weighted by atomic mass is 16.5. The van der Waals surface area contributed by atoms with E-state index < -0.39 is 0 Å². The van der Waals surface area contributed by atoms with E-state index in [-0.39, 0.29) is 11.8 Å². The lowest BCUT2D eigenvalue weighted by Crippen LogP contribution is -2.46. The lowest BCUT2D eigenvalue weighted by molar-refractivity contribution is -0.136. The number of nitrogens with zero attached hydrogens (tertiary/aromatic N) is 1. The van der Waals surface area contributed by atoms with Crippen LogP contribution in [0.15, 0.2) is 24.3 Å². The Bertz CT molecular complexity index is 606. The minimum absolute atomic E-state index is 0.0681. The van der Waals surface area contributed by atoms with E-state index in [0.29, 0.717) is 24.6 Å². The number of para-hydroxylation sites is 1. The van der Waals surface area contributed by atoms with E-state index in [1.54, 1.807) is 0 Å². The molecule has 1 aromatic rings. The summed E-state index contributed by atoms with van der Waals surface area (Å²) in [5.41, 5.74) is 8.00. The monoisotopic (exact) mass is 329 g/mol. The van der Waals surface area contributed by atoms with Crippen molar-refractivity contribution in [1.82, 2.24) is 15.8 Å². The van der Waals surface area contributed by atoms with Crippen LogP contribution in [0.5, 0.6) is 5.75 Å². The molecule has 0 radical (unpaired) electrons. The lowest BCUT2D eigenvalue weighted by atomic mass is 9.81. The highest BCUT2D eigenvalue weighted by Gasteiger charge is 2.38. The van der Waals surface area contributed by atoms with Gasteiger partial charge in [0.2, 0.25) is 5.91 Å². The minimum Gasteiger partial charge on any atom is -0.492 e. The van der Waals surface area contributed by atoms with E-state index in [4.69, 9.17) is 4.74 Å². The molecule has 2 heterocycles. The molecule has 0 bridgehead atoms. The molecule has 3 aliphatic rings. The number of ether oxygens (including phenoxy) is 1. The Hall–Kier alpha value is -1.59. The average Bonchev–Trinajstić information content (AvgIpc) is 3.03. The highest BCUT2D eigenvalue weighted by Crippen LogP contribution is 2.31. The van der Waals surface area contributed by atoms with Gasteiger partial charge >= 0.3 is 0 Å². The lowest BCUT2D eigenvalue weighted by Gasteiger charge is -2.32. The van der Waals surface area contributed by atoms with Crippen molar-refractivity contribution in [2.75, 3.05) is 20.2 Å². The maximum Gasteiger partial charge on any atom is 0.229 e. The zero-order valence-electron chi connectivity index (χ0n) is 14.3. The number of likely N-dealkylation sites (N-methyl/N-ethyl adjacent to an activating group) is 1. The fraction of sp³-hybridized carbons (Fsp3) is 0.632. The van der Waals surface area contributed by atoms with Crippen molar-refractivity contribution < 1.29 is 9.53 Å². The Morgan fingerprint density at radius 2 is 2.08 bits per heavy atom. The van der Waals surface area contributed by atoms with Gasteiger partial charge in [-0.15, -0.1) is 0 Å². The fourth-order valence-corrected chi connectivity index (χ4v) is 4.51. The number of rotatable bonds is 3. The van der Waals surface area contributed by atoms with E-state index in [2.05, 4.69) is 16.9 Å². The first-order valence-corrected chi connectivity index (χ1v) is 9.19. The Balaban J connectivity index is 1.36. The molecule has 0 aromatic heterocycles. The molecule has 2 N–H and O–H groups in total. The van der Waals surface area contributed by atoms with E-state index in [1.165, 1.54) is 25.7 Å². The molecule has 4 atom stereocenters. The standard InChI is InChI=1S/C19H27N3O2/c1-22(11-17-15-7-3-4-8-16(15)20-21-17)19(23)14-10-13-6-2-5-9-18(13)24-12-14/h2,5-6,9,14-17,20-21H,3-4,7-8,10-12H2,1H3. The minimum atomic E-state index is -0.0681. The topological polar surface area (TPSA) is 53.6 Å². The van der Waals surface area contributed by atoms with Crippen LogP contribution >= 0.6 is 0 Å². The smallest absolute Gasteiger partial charge is 0.229 e. The second-order valence-electron chi connectivity index (χ2n) is 7.49. The van der Waals surface area contributed by atoms with Crippen molar-refractivity contribution >= 4 is 5.91 Å². The van der Waals surface area contributed by atoms with Gasteiger partial charge in [0.25, 0.3) is 0 Å². The molecule has 1 aromatic carbocycles. The summed E-state index contributed by atoms with van der Waals surface area (Å²) in [6.07, 6.45) is 5.92. The first-order valence-electron chi connectivity index (χ1n) is 9.19. The summed E-state index contributed by atoms with van der Waals surface area (Å²) in [4.78, 5) is 14.8. The zero-order valence-corrected chi connectivity index (χ0v) is 14.3. The van der Waals surface area contributed by atoms with Crippen LogP contribution in [0.3, 0.4) is 0 Å². The second kappa shape index (κ2) is 6.73. The van der Waals surface area contributed by atoms with Gasteiger partial charge in [0.15, 0.2) is 0 Å². The first kappa shape index (κ1) is 15.9. The van der Waals surface area contributed by atoms with Crippen LogP contribution in [0, 0.1) is 11.8 Å². The zero-order chi connectivity index (χ0) is 16.5. The van der Waals surface area contributed by atoms with E-state index in [1.807, 2.05) is 30.1 Å². The van der Waals surface area contributed by atoms with Crippen molar-refractivity contribution in [3.63, 3.8) is 0 Å². The number of hydrazine groups is 1. The molecule has 4 rings (SSSR count). The van der Waals surface area contributed by atoms with Gasteiger partial charge in [0, 0.05) is 25.7 Å². The number of amides is 1. The third-order valence-corrected chi connectivity index (χ3v) is 5.87. The number of hydrogen-bond donors (Lipinski definition) is 2. The van der Waals surface area contributed by atoms with Crippen LogP contribution < -0.4 is 15.6 Å². The number of carbonyl (C=O) groups is 1. The molecular weight excluding hydrogens is 302 g/mol. The molecule has 1 saturated heterocycles. The highest BCUT2D eigenvalue weighted by molar-refractivity contribution is 5.79. The van der Waals surface area contributed by atoms with Crippen LogP contribution in [-0.4, -0.2) is 43.1 Å². The van der Waals surface area contributed by atoms with Crippen molar-refractivity contribution in [2.45, 2.75) is 44.2 Å². The quantitative estimate of drug-likeness (QED) is 0.887. The van der Waals surface area contributed by atoms with Crippen LogP contribution in [0.25, 0.3) is 0 Å². The molecule has 130 valence electrons. The molecule has 2 fully saturated rings. The number of carbonyl (C=O) groups excluding carboxylic acids is 1. The summed E-state index contributed by atoms with van der Waals surface area (Å²) in [6, 6.07) is 8.97. The van der Waals surface area contributed by atoms with Gasteiger partial charge in [-0.3, -0.25) is 15.6 Å². The number of hydrogen-bond acceptors (Lipinski definition) is 4. The Morgan fingerprint density at radius 3 is 3.00 bits per heavy atom. The number of fused-ring (bicyclic) bond motifs is 2. The molecule has 5 heteroatoms. The van der Waals surface area contributed by atoms with Gasteiger partial charge in [-0.2, -0.15) is 0 Å². The second-order valence-corrected chi connectivity index (χ2v) is 7.49. The summed E-state index contributed by atoms with van der Waals surface area (Å²) in [5, 5.41) is 0. The summed E-state index contributed by atoms with van der Waals surface area (Å²) >= 11 is 0. The van der Waals surface area contributed by atoms with Gasteiger partial charge in [-0.05, 0) is 36.8 Å². The maximum absolute atomic E-state index is 12.9. The van der Waals surface area contributed by atoms with Gasteiger partial charge < -0.3 is 9.64 Å². The van der Waals surface area contributed by atoms with E-state index in [0.717, 1.165) is 24.3 Å². The van der Waals surface area contributed by atoms with E-state index in [9.17, 15) is 4.79 Å². The summed E-state index contributed by atoms with van der Waals surface area (Å²) < 4.78 is 5.79. The number of nitrogens with one attached hydrogen (secondary N) is 2. The summed E-state index contributed by atoms with van der Waals surface area (Å²) in [7, 11) is 1.93. The van der Waals surface area contributed by atoms with Crippen LogP contribution in [-0.2, 0) is 11.2 Å². The fourth-order valence-electron chi connectivity index (χ4n) is 4.51. The molecule has 24 heavy (non-hydrogen) atoms. The van der Waals surface area contributed by atoms with Gasteiger partial charge in [0.05, 0.1) is 5.92 Å². The van der Waals surface area contributed by atoms with Crippen LogP contribution in [0.4, 0.5) is 0 Å². The molecule has 1 aliphatic carbocycles. The molecule has 0 spiro atoms. The third kappa shape index (κ3) is 3.03. The summed E-state index contributed by atoms with van der Waals surface area (Å²) in [6.45, 7) is 1.26. The molecule has 5 nitrogen and oxygen atoms in total. The number of benzene rings is 1. The van der Waals surface area contributed by atoms with Crippen molar-refractivity contribution in [2.24, 2.45) is 11.8 Å². The third-order valence-electron chi connectivity index (χ3n) is 5.87. The molecule has 4 unspecified atom stereocenters. The predicted octanol–water partition coefficient (Wildman–Crippen LogP) is 1.73. The molecule has 2 aliphatic heterocycles. The Labute approximate surface area is 143 Å². The summed E-state index contributed by atoms with van der Waals surface area (Å²) in [5.74, 6) is 1.71. The Kier molecular flexibility index (Phi) is 4.46. The SMILES string of the molecule is CN(CC1NNC2CCCCC21)C(=O)C1COc2ccccc2C1. The van der Waals surface area contributed by atoms with Crippen molar-refractivity contribution in [3.05, 3.63) is 29.8 Å². The van der Waals surface area contributed by atoms with Gasteiger partial charge in [-0.1, -0.05) is 31.0 Å². The normalized spacial score (nSPS) is 31.7. The predicted molar refractivity (Wildman–Crippen MR) is 92.6 cm³/mol. The van der Waals surface area contributed by atoms with Gasteiger partial charge in [-0.25, -0.2) is 0 Å². The first-order chi connectivity index (χ1) is 11.7. The maximum atomic E-state index is 12.9. The van der Waals surface area contributed by atoms with E-state index >= 15 is 0 Å². The van der Waals surface area contributed by atoms with Crippen molar-refractivity contribution in [1.29, 1.82) is 0 Å². The van der Waals surface area contributed by atoms with Gasteiger partial charge in [0.1, 0.15) is 12.4 Å². The van der Waals surface area contributed by atoms with Crippen LogP contribution in [0.1, 0.15) is 31.2 Å². The van der Waals surface area contributed by atoms with Crippen LogP contribution in [0.2, 0.25) is 0 Å². The largest absolute Gasteiger partial charge is 0.492 e. The van der Waals surface area contributed by atoms with Crippen molar-refractivity contribution in [3.8, 4) is 5.75 Å². The Morgan fingerprint density at radius 1 is 1.25 bits per heavy atom. The molecular formula is C19H27N3O2. The average molecular weight is 329 g/mol.